The van der Waals surface area contributed by atoms with Crippen LogP contribution < -0.4 is 10.6 Å². The summed E-state index contributed by atoms with van der Waals surface area (Å²) in [6.45, 7) is 0.697. The molecule has 5 nitrogen and oxygen atoms in total. The molecule has 0 radical (unpaired) electrons. The highest BCUT2D eigenvalue weighted by Gasteiger charge is 2.29. The van der Waals surface area contributed by atoms with Gasteiger partial charge in [-0.2, -0.15) is 12.6 Å². The summed E-state index contributed by atoms with van der Waals surface area (Å²) >= 11 is 4.24. The topological polar surface area (TPSA) is 69.0 Å². The van der Waals surface area contributed by atoms with Crippen LogP contribution in [0.15, 0.2) is 23.0 Å². The number of thiol groups is 1. The number of carbonyl (C=O) groups is 1. The van der Waals surface area contributed by atoms with Gasteiger partial charge < -0.3 is 14.9 Å². The van der Waals surface area contributed by atoms with Gasteiger partial charge in [0.05, 0.1) is 11.0 Å². The minimum Gasteiger partial charge on any atom is -0.312 e. The standard InChI is InChI=1S/C12H13N3O2S/c16-11-3-7(6-18)5-15(11)8-1-2-9-10(4-8)14-12(17)13-9/h1-2,4,7,18H,3,5-6H2,(H2,13,14,17). The van der Waals surface area contributed by atoms with Crippen molar-refractivity contribution >= 4 is 35.3 Å². The van der Waals surface area contributed by atoms with E-state index in [0.717, 1.165) is 16.7 Å². The van der Waals surface area contributed by atoms with Crippen molar-refractivity contribution in [3.8, 4) is 0 Å². The molecule has 6 heteroatoms. The summed E-state index contributed by atoms with van der Waals surface area (Å²) in [5.41, 5.74) is 2.07. The molecule has 0 saturated carbocycles. The molecule has 1 saturated heterocycles. The fraction of sp³-hybridized carbons (Fsp3) is 0.333. The van der Waals surface area contributed by atoms with E-state index in [1.165, 1.54) is 0 Å². The summed E-state index contributed by atoms with van der Waals surface area (Å²) in [4.78, 5) is 30.2. The van der Waals surface area contributed by atoms with E-state index in [1.54, 1.807) is 4.90 Å². The van der Waals surface area contributed by atoms with Gasteiger partial charge in [0, 0.05) is 18.7 Å². The molecule has 1 amide bonds. The molecule has 94 valence electrons. The van der Waals surface area contributed by atoms with E-state index >= 15 is 0 Å². The van der Waals surface area contributed by atoms with Crippen molar-refractivity contribution in [2.45, 2.75) is 6.42 Å². The molecule has 1 fully saturated rings. The van der Waals surface area contributed by atoms with Crippen LogP contribution in [0.25, 0.3) is 11.0 Å². The minimum absolute atomic E-state index is 0.117. The van der Waals surface area contributed by atoms with E-state index in [2.05, 4.69) is 22.6 Å². The quantitative estimate of drug-likeness (QED) is 0.711. The predicted molar refractivity (Wildman–Crippen MR) is 73.2 cm³/mol. The maximum Gasteiger partial charge on any atom is 0.323 e. The smallest absolute Gasteiger partial charge is 0.312 e. The average Bonchev–Trinajstić information content (AvgIpc) is 2.89. The Balaban J connectivity index is 1.99. The Kier molecular flexibility index (Phi) is 2.66. The number of anilines is 1. The summed E-state index contributed by atoms with van der Waals surface area (Å²) in [5, 5.41) is 0. The van der Waals surface area contributed by atoms with Gasteiger partial charge >= 0.3 is 5.69 Å². The molecule has 2 aromatic rings. The summed E-state index contributed by atoms with van der Waals surface area (Å²) in [7, 11) is 0. The SMILES string of the molecule is O=C1CC(CS)CN1c1ccc2[nH]c(=O)[nH]c2c1. The fourth-order valence-electron chi connectivity index (χ4n) is 2.34. The van der Waals surface area contributed by atoms with Gasteiger partial charge in [0.15, 0.2) is 0 Å². The molecule has 1 aromatic heterocycles. The van der Waals surface area contributed by atoms with E-state index < -0.39 is 0 Å². The maximum atomic E-state index is 11.9. The zero-order valence-electron chi connectivity index (χ0n) is 9.64. The lowest BCUT2D eigenvalue weighted by Gasteiger charge is -2.16. The predicted octanol–water partition coefficient (Wildman–Crippen LogP) is 1.14. The number of H-pyrrole nitrogens is 2. The van der Waals surface area contributed by atoms with Gasteiger partial charge in [-0.05, 0) is 29.9 Å². The highest BCUT2D eigenvalue weighted by atomic mass is 32.1. The Morgan fingerprint density at radius 2 is 2.06 bits per heavy atom. The van der Waals surface area contributed by atoms with Gasteiger partial charge in [-0.25, -0.2) is 4.79 Å². The molecule has 2 N–H and O–H groups in total. The number of nitrogens with zero attached hydrogens (tertiary/aromatic N) is 1. The molecule has 3 rings (SSSR count). The molecule has 0 bridgehead atoms. The lowest BCUT2D eigenvalue weighted by molar-refractivity contribution is -0.117. The molecule has 0 spiro atoms. The highest BCUT2D eigenvalue weighted by molar-refractivity contribution is 7.80. The van der Waals surface area contributed by atoms with Crippen LogP contribution in [0.2, 0.25) is 0 Å². The third-order valence-electron chi connectivity index (χ3n) is 3.27. The first-order valence-corrected chi connectivity index (χ1v) is 6.44. The molecule has 1 aliphatic heterocycles. The number of rotatable bonds is 2. The van der Waals surface area contributed by atoms with Gasteiger partial charge in [0.2, 0.25) is 5.91 Å². The second-order valence-corrected chi connectivity index (χ2v) is 4.93. The van der Waals surface area contributed by atoms with Crippen LogP contribution in [0, 0.1) is 5.92 Å². The van der Waals surface area contributed by atoms with Crippen molar-refractivity contribution in [3.63, 3.8) is 0 Å². The number of hydrogen-bond acceptors (Lipinski definition) is 3. The Labute approximate surface area is 109 Å². The lowest BCUT2D eigenvalue weighted by Crippen LogP contribution is -2.24. The normalized spacial score (nSPS) is 19.9. The summed E-state index contributed by atoms with van der Waals surface area (Å²) < 4.78 is 0. The van der Waals surface area contributed by atoms with Gasteiger partial charge in [-0.1, -0.05) is 0 Å². The van der Waals surface area contributed by atoms with Crippen molar-refractivity contribution in [1.82, 2.24) is 9.97 Å². The first-order valence-electron chi connectivity index (χ1n) is 5.80. The Bertz CT molecular complexity index is 661. The Hall–Kier alpha value is -1.69. The van der Waals surface area contributed by atoms with Crippen LogP contribution >= 0.6 is 12.6 Å². The van der Waals surface area contributed by atoms with Crippen molar-refractivity contribution in [2.75, 3.05) is 17.2 Å². The Morgan fingerprint density at radius 1 is 1.28 bits per heavy atom. The number of aromatic nitrogens is 2. The number of nitrogens with one attached hydrogen (secondary N) is 2. The van der Waals surface area contributed by atoms with Gasteiger partial charge in [0.25, 0.3) is 0 Å². The zero-order valence-corrected chi connectivity index (χ0v) is 10.5. The average molecular weight is 263 g/mol. The van der Waals surface area contributed by atoms with Crippen LogP contribution in [0.4, 0.5) is 5.69 Å². The number of benzene rings is 1. The second-order valence-electron chi connectivity index (χ2n) is 4.57. The second kappa shape index (κ2) is 4.20. The number of imidazole rings is 1. The summed E-state index contributed by atoms with van der Waals surface area (Å²) in [6.07, 6.45) is 0.547. The van der Waals surface area contributed by atoms with Crippen molar-refractivity contribution < 1.29 is 4.79 Å². The molecule has 0 aliphatic carbocycles. The first kappa shape index (κ1) is 11.4. The van der Waals surface area contributed by atoms with E-state index in [4.69, 9.17) is 0 Å². The third kappa shape index (κ3) is 1.82. The molecule has 18 heavy (non-hydrogen) atoms. The van der Waals surface area contributed by atoms with Crippen molar-refractivity contribution in [2.24, 2.45) is 5.92 Å². The first-order chi connectivity index (χ1) is 8.67. The van der Waals surface area contributed by atoms with Gasteiger partial charge in [-0.3, -0.25) is 4.79 Å². The number of amides is 1. The van der Waals surface area contributed by atoms with Crippen molar-refractivity contribution in [1.29, 1.82) is 0 Å². The van der Waals surface area contributed by atoms with E-state index in [-0.39, 0.29) is 11.6 Å². The van der Waals surface area contributed by atoms with Gasteiger partial charge in [0.1, 0.15) is 0 Å². The van der Waals surface area contributed by atoms with Crippen LogP contribution in [-0.4, -0.2) is 28.2 Å². The molecular formula is C12H13N3O2S. The lowest BCUT2D eigenvalue weighted by atomic mass is 10.1. The molecule has 1 aromatic carbocycles. The number of aromatic amines is 2. The molecule has 2 heterocycles. The van der Waals surface area contributed by atoms with Crippen LogP contribution in [-0.2, 0) is 4.79 Å². The summed E-state index contributed by atoms with van der Waals surface area (Å²) in [6, 6.07) is 5.49. The molecule has 1 atom stereocenters. The third-order valence-corrected chi connectivity index (χ3v) is 3.79. The van der Waals surface area contributed by atoms with Crippen LogP contribution in [0.3, 0.4) is 0 Å². The molecular weight excluding hydrogens is 250 g/mol. The Morgan fingerprint density at radius 3 is 2.78 bits per heavy atom. The van der Waals surface area contributed by atoms with E-state index in [1.807, 2.05) is 18.2 Å². The zero-order chi connectivity index (χ0) is 12.7. The summed E-state index contributed by atoms with van der Waals surface area (Å²) in [5.74, 6) is 1.14. The highest BCUT2D eigenvalue weighted by Crippen LogP contribution is 2.27. The monoisotopic (exact) mass is 263 g/mol. The maximum absolute atomic E-state index is 11.9. The van der Waals surface area contributed by atoms with Gasteiger partial charge in [-0.15, -0.1) is 0 Å². The minimum atomic E-state index is -0.233. The molecule has 1 aliphatic rings. The van der Waals surface area contributed by atoms with E-state index in [0.29, 0.717) is 24.6 Å². The van der Waals surface area contributed by atoms with Crippen LogP contribution in [0.5, 0.6) is 0 Å². The number of carbonyl (C=O) groups excluding carboxylic acids is 1. The van der Waals surface area contributed by atoms with E-state index in [9.17, 15) is 9.59 Å². The fourth-order valence-corrected chi connectivity index (χ4v) is 2.59. The number of fused-ring (bicyclic) bond motifs is 1. The number of hydrogen-bond donors (Lipinski definition) is 3. The van der Waals surface area contributed by atoms with Crippen LogP contribution in [0.1, 0.15) is 6.42 Å². The van der Waals surface area contributed by atoms with Crippen molar-refractivity contribution in [3.05, 3.63) is 28.7 Å². The largest absolute Gasteiger partial charge is 0.323 e. The molecule has 1 unspecified atom stereocenters.